The molecule has 0 spiro atoms. The SMILES string of the molecule is Cc1cn(-c2ncccn2)nc1C(F)F. The fraction of sp³-hybridized carbons (Fsp3) is 0.222. The molecule has 0 unspecified atom stereocenters. The maximum Gasteiger partial charge on any atom is 0.282 e. The summed E-state index contributed by atoms with van der Waals surface area (Å²) in [5.74, 6) is 0.285. The van der Waals surface area contributed by atoms with Gasteiger partial charge in [0.2, 0.25) is 5.95 Å². The molecule has 0 aliphatic rings. The molecular formula is C9H8F2N4. The van der Waals surface area contributed by atoms with Crippen molar-refractivity contribution in [3.05, 3.63) is 35.9 Å². The van der Waals surface area contributed by atoms with Gasteiger partial charge in [-0.3, -0.25) is 0 Å². The fourth-order valence-electron chi connectivity index (χ4n) is 1.20. The number of nitrogens with zero attached hydrogens (tertiary/aromatic N) is 4. The van der Waals surface area contributed by atoms with Gasteiger partial charge in [-0.25, -0.2) is 23.4 Å². The van der Waals surface area contributed by atoms with Crippen LogP contribution in [0.5, 0.6) is 0 Å². The predicted molar refractivity (Wildman–Crippen MR) is 48.8 cm³/mol. The van der Waals surface area contributed by atoms with Gasteiger partial charge in [-0.1, -0.05) is 0 Å². The van der Waals surface area contributed by atoms with Gasteiger partial charge >= 0.3 is 0 Å². The first-order valence-electron chi connectivity index (χ1n) is 4.30. The Bertz CT molecular complexity index is 452. The van der Waals surface area contributed by atoms with Crippen LogP contribution in [0.15, 0.2) is 24.7 Å². The lowest BCUT2D eigenvalue weighted by Crippen LogP contribution is -2.01. The minimum Gasteiger partial charge on any atom is -0.220 e. The zero-order valence-corrected chi connectivity index (χ0v) is 7.93. The van der Waals surface area contributed by atoms with Crippen LogP contribution >= 0.6 is 0 Å². The Morgan fingerprint density at radius 2 is 1.93 bits per heavy atom. The van der Waals surface area contributed by atoms with Crippen LogP contribution in [-0.2, 0) is 0 Å². The summed E-state index contributed by atoms with van der Waals surface area (Å²) in [7, 11) is 0. The first kappa shape index (κ1) is 9.70. The van der Waals surface area contributed by atoms with Gasteiger partial charge in [0.15, 0.2) is 0 Å². The standard InChI is InChI=1S/C9H8F2N4/c1-6-5-15(14-7(6)8(10)11)9-12-3-2-4-13-9/h2-5,8H,1H3. The maximum atomic E-state index is 12.4. The Morgan fingerprint density at radius 3 is 2.47 bits per heavy atom. The van der Waals surface area contributed by atoms with Crippen LogP contribution in [0.1, 0.15) is 17.7 Å². The van der Waals surface area contributed by atoms with Crippen LogP contribution in [0.2, 0.25) is 0 Å². The third-order valence-corrected chi connectivity index (χ3v) is 1.90. The molecule has 0 aromatic carbocycles. The Morgan fingerprint density at radius 1 is 1.27 bits per heavy atom. The summed E-state index contributed by atoms with van der Waals surface area (Å²) < 4.78 is 26.1. The molecule has 2 heterocycles. The summed E-state index contributed by atoms with van der Waals surface area (Å²) in [6.45, 7) is 1.58. The van der Waals surface area contributed by atoms with Gasteiger partial charge in [0.1, 0.15) is 5.69 Å². The lowest BCUT2D eigenvalue weighted by molar-refractivity contribution is 0.144. The van der Waals surface area contributed by atoms with E-state index in [4.69, 9.17) is 0 Å². The average Bonchev–Trinajstić information content (AvgIpc) is 2.62. The monoisotopic (exact) mass is 210 g/mol. The van der Waals surface area contributed by atoms with Gasteiger partial charge in [0.05, 0.1) is 0 Å². The lowest BCUT2D eigenvalue weighted by atomic mass is 10.3. The molecule has 0 bridgehead atoms. The molecule has 0 aliphatic carbocycles. The van der Waals surface area contributed by atoms with Crippen LogP contribution < -0.4 is 0 Å². The Hall–Kier alpha value is -1.85. The second-order valence-electron chi connectivity index (χ2n) is 2.99. The summed E-state index contributed by atoms with van der Waals surface area (Å²) in [5.41, 5.74) is 0.194. The molecule has 2 rings (SSSR count). The molecule has 0 N–H and O–H groups in total. The molecular weight excluding hydrogens is 202 g/mol. The minimum absolute atomic E-state index is 0.234. The number of aryl methyl sites for hydroxylation is 1. The topological polar surface area (TPSA) is 43.6 Å². The minimum atomic E-state index is -2.57. The van der Waals surface area contributed by atoms with Crippen molar-refractivity contribution in [1.82, 2.24) is 19.7 Å². The van der Waals surface area contributed by atoms with E-state index in [1.807, 2.05) is 0 Å². The van der Waals surface area contributed by atoms with E-state index < -0.39 is 6.43 Å². The molecule has 0 radical (unpaired) electrons. The van der Waals surface area contributed by atoms with E-state index in [-0.39, 0.29) is 11.6 Å². The van der Waals surface area contributed by atoms with Crippen molar-refractivity contribution in [2.75, 3.05) is 0 Å². The molecule has 0 fully saturated rings. The van der Waals surface area contributed by atoms with E-state index in [0.29, 0.717) is 5.56 Å². The first-order valence-corrected chi connectivity index (χ1v) is 4.30. The molecule has 0 aliphatic heterocycles. The molecule has 2 aromatic heterocycles. The second kappa shape index (κ2) is 3.72. The normalized spacial score (nSPS) is 10.9. The van der Waals surface area contributed by atoms with Crippen molar-refractivity contribution < 1.29 is 8.78 Å². The smallest absolute Gasteiger partial charge is 0.220 e. The number of alkyl halides is 2. The highest BCUT2D eigenvalue weighted by molar-refractivity contribution is 5.20. The number of rotatable bonds is 2. The molecule has 0 saturated carbocycles. The molecule has 6 heteroatoms. The van der Waals surface area contributed by atoms with Crippen LogP contribution in [0.3, 0.4) is 0 Å². The third-order valence-electron chi connectivity index (χ3n) is 1.90. The highest BCUT2D eigenvalue weighted by Crippen LogP contribution is 2.20. The molecule has 2 aromatic rings. The van der Waals surface area contributed by atoms with Crippen molar-refractivity contribution in [2.24, 2.45) is 0 Å². The average molecular weight is 210 g/mol. The van der Waals surface area contributed by atoms with E-state index in [2.05, 4.69) is 15.1 Å². The summed E-state index contributed by atoms with van der Waals surface area (Å²) in [6.07, 6.45) is 1.97. The van der Waals surface area contributed by atoms with E-state index in [1.165, 1.54) is 23.3 Å². The van der Waals surface area contributed by atoms with Gasteiger partial charge in [0.25, 0.3) is 6.43 Å². The molecule has 78 valence electrons. The van der Waals surface area contributed by atoms with Gasteiger partial charge < -0.3 is 0 Å². The predicted octanol–water partition coefficient (Wildman–Crippen LogP) is 1.91. The zero-order valence-electron chi connectivity index (χ0n) is 7.93. The van der Waals surface area contributed by atoms with Crippen molar-refractivity contribution in [3.63, 3.8) is 0 Å². The number of hydrogen-bond acceptors (Lipinski definition) is 3. The van der Waals surface area contributed by atoms with E-state index in [9.17, 15) is 8.78 Å². The molecule has 0 amide bonds. The highest BCUT2D eigenvalue weighted by Gasteiger charge is 2.16. The van der Waals surface area contributed by atoms with E-state index in [0.717, 1.165) is 0 Å². The summed E-state index contributed by atoms with van der Waals surface area (Å²) >= 11 is 0. The largest absolute Gasteiger partial charge is 0.282 e. The number of hydrogen-bond donors (Lipinski definition) is 0. The van der Waals surface area contributed by atoms with Gasteiger partial charge in [0, 0.05) is 18.6 Å². The van der Waals surface area contributed by atoms with Crippen molar-refractivity contribution in [3.8, 4) is 5.95 Å². The lowest BCUT2D eigenvalue weighted by Gasteiger charge is -1.96. The Balaban J connectivity index is 2.43. The first-order chi connectivity index (χ1) is 7.18. The zero-order chi connectivity index (χ0) is 10.8. The van der Waals surface area contributed by atoms with Crippen LogP contribution in [0.4, 0.5) is 8.78 Å². The Labute approximate surface area is 84.6 Å². The van der Waals surface area contributed by atoms with Crippen molar-refractivity contribution in [1.29, 1.82) is 0 Å². The number of halogens is 2. The van der Waals surface area contributed by atoms with Gasteiger partial charge in [-0.15, -0.1) is 0 Å². The van der Waals surface area contributed by atoms with Gasteiger partial charge in [-0.05, 0) is 18.6 Å². The van der Waals surface area contributed by atoms with Crippen LogP contribution in [0.25, 0.3) is 5.95 Å². The molecule has 0 saturated heterocycles. The van der Waals surface area contributed by atoms with Crippen molar-refractivity contribution >= 4 is 0 Å². The number of aromatic nitrogens is 4. The summed E-state index contributed by atoms with van der Waals surface area (Å²) in [6, 6.07) is 1.65. The highest BCUT2D eigenvalue weighted by atomic mass is 19.3. The third kappa shape index (κ3) is 1.83. The van der Waals surface area contributed by atoms with E-state index >= 15 is 0 Å². The molecule has 0 atom stereocenters. The summed E-state index contributed by atoms with van der Waals surface area (Å²) in [4.78, 5) is 7.81. The quantitative estimate of drug-likeness (QED) is 0.760. The second-order valence-corrected chi connectivity index (χ2v) is 2.99. The Kier molecular flexibility index (Phi) is 2.40. The van der Waals surface area contributed by atoms with Gasteiger partial charge in [-0.2, -0.15) is 5.10 Å². The maximum absolute atomic E-state index is 12.4. The van der Waals surface area contributed by atoms with Crippen molar-refractivity contribution in [2.45, 2.75) is 13.3 Å². The van der Waals surface area contributed by atoms with Crippen LogP contribution in [0, 0.1) is 6.92 Å². The fourth-order valence-corrected chi connectivity index (χ4v) is 1.20. The summed E-state index contributed by atoms with van der Waals surface area (Å²) in [5, 5.41) is 3.72. The van der Waals surface area contributed by atoms with E-state index in [1.54, 1.807) is 13.0 Å². The molecule has 15 heavy (non-hydrogen) atoms. The molecule has 4 nitrogen and oxygen atoms in total. The van der Waals surface area contributed by atoms with Crippen LogP contribution in [-0.4, -0.2) is 19.7 Å².